The predicted molar refractivity (Wildman–Crippen MR) is 106 cm³/mol. The van der Waals surface area contributed by atoms with Gasteiger partial charge in [-0.2, -0.15) is 5.26 Å². The molecule has 0 aliphatic carbocycles. The van der Waals surface area contributed by atoms with Gasteiger partial charge in [0.1, 0.15) is 17.2 Å². The summed E-state index contributed by atoms with van der Waals surface area (Å²) in [5.74, 6) is 1.37. The zero-order valence-electron chi connectivity index (χ0n) is 13.8. The van der Waals surface area contributed by atoms with Crippen LogP contribution in [0, 0.1) is 11.3 Å². The Balaban J connectivity index is 1.82. The van der Waals surface area contributed by atoms with Gasteiger partial charge in [-0.3, -0.25) is 0 Å². The predicted octanol–water partition coefficient (Wildman–Crippen LogP) is 4.54. The van der Waals surface area contributed by atoms with Gasteiger partial charge in [-0.1, -0.05) is 36.4 Å². The summed E-state index contributed by atoms with van der Waals surface area (Å²) in [5.41, 5.74) is 2.12. The van der Waals surface area contributed by atoms with Gasteiger partial charge in [0.2, 0.25) is 0 Å². The standard InChI is InChI=1S/C19H10N6S2/c20-9-15-21-11-25(24-15)18-16-13(12-5-2-1-3-6-12)10-27-19(16)23-17(22-18)14-7-4-8-26-14/h1-8,10-11H. The molecule has 0 aliphatic heterocycles. The number of rotatable bonds is 3. The third-order valence-electron chi connectivity index (χ3n) is 4.05. The molecule has 0 amide bonds. The summed E-state index contributed by atoms with van der Waals surface area (Å²) in [5, 5.41) is 18.3. The number of nitriles is 1. The Hall–Kier alpha value is -3.41. The van der Waals surface area contributed by atoms with Gasteiger partial charge in [-0.25, -0.2) is 19.6 Å². The smallest absolute Gasteiger partial charge is 0.216 e. The normalized spacial score (nSPS) is 10.9. The maximum Gasteiger partial charge on any atom is 0.252 e. The molecule has 0 radical (unpaired) electrons. The maximum absolute atomic E-state index is 9.09. The van der Waals surface area contributed by atoms with Gasteiger partial charge in [-0.05, 0) is 17.0 Å². The molecule has 5 rings (SSSR count). The Kier molecular flexibility index (Phi) is 3.74. The largest absolute Gasteiger partial charge is 0.252 e. The van der Waals surface area contributed by atoms with E-state index in [0.717, 1.165) is 26.2 Å². The average molecular weight is 386 g/mol. The number of fused-ring (bicyclic) bond motifs is 1. The molecule has 4 aromatic heterocycles. The lowest BCUT2D eigenvalue weighted by atomic mass is 10.1. The molecule has 0 spiro atoms. The Labute approximate surface area is 162 Å². The molecule has 0 fully saturated rings. The van der Waals surface area contributed by atoms with Gasteiger partial charge < -0.3 is 0 Å². The summed E-state index contributed by atoms with van der Waals surface area (Å²) in [6.07, 6.45) is 1.52. The summed E-state index contributed by atoms with van der Waals surface area (Å²) < 4.78 is 1.55. The highest BCUT2D eigenvalue weighted by Gasteiger charge is 2.19. The topological polar surface area (TPSA) is 80.3 Å². The van der Waals surface area contributed by atoms with Gasteiger partial charge in [0, 0.05) is 10.9 Å². The molecular formula is C19H10N6S2. The van der Waals surface area contributed by atoms with Crippen LogP contribution in [-0.2, 0) is 0 Å². The Morgan fingerprint density at radius 1 is 1.00 bits per heavy atom. The number of aromatic nitrogens is 5. The highest BCUT2D eigenvalue weighted by molar-refractivity contribution is 7.17. The van der Waals surface area contributed by atoms with Crippen LogP contribution in [0.15, 0.2) is 59.6 Å². The van der Waals surface area contributed by atoms with Crippen molar-refractivity contribution >= 4 is 32.9 Å². The van der Waals surface area contributed by atoms with E-state index >= 15 is 0 Å². The van der Waals surface area contributed by atoms with Crippen LogP contribution in [0.4, 0.5) is 0 Å². The van der Waals surface area contributed by atoms with E-state index in [0.29, 0.717) is 11.6 Å². The lowest BCUT2D eigenvalue weighted by Gasteiger charge is -2.07. The molecule has 0 atom stereocenters. The van der Waals surface area contributed by atoms with Gasteiger partial charge in [0.25, 0.3) is 5.82 Å². The van der Waals surface area contributed by atoms with Crippen LogP contribution in [0.1, 0.15) is 5.82 Å². The molecule has 5 aromatic rings. The van der Waals surface area contributed by atoms with Crippen molar-refractivity contribution in [1.82, 2.24) is 24.7 Å². The maximum atomic E-state index is 9.09. The van der Waals surface area contributed by atoms with E-state index in [4.69, 9.17) is 15.2 Å². The fourth-order valence-corrected chi connectivity index (χ4v) is 4.45. The second-order valence-electron chi connectivity index (χ2n) is 5.67. The first-order valence-corrected chi connectivity index (χ1v) is 9.80. The zero-order valence-corrected chi connectivity index (χ0v) is 15.4. The van der Waals surface area contributed by atoms with Gasteiger partial charge in [0.15, 0.2) is 11.6 Å². The monoisotopic (exact) mass is 386 g/mol. The number of benzene rings is 1. The minimum Gasteiger partial charge on any atom is -0.216 e. The first kappa shape index (κ1) is 15.8. The fraction of sp³-hybridized carbons (Fsp3) is 0. The van der Waals surface area contributed by atoms with Crippen molar-refractivity contribution < 1.29 is 0 Å². The van der Waals surface area contributed by atoms with Gasteiger partial charge in [0.05, 0.1) is 10.3 Å². The number of nitrogens with zero attached hydrogens (tertiary/aromatic N) is 6. The lowest BCUT2D eigenvalue weighted by Crippen LogP contribution is -2.02. The van der Waals surface area contributed by atoms with Crippen LogP contribution in [0.2, 0.25) is 0 Å². The van der Waals surface area contributed by atoms with E-state index in [1.54, 1.807) is 27.4 Å². The number of hydrogen-bond acceptors (Lipinski definition) is 7. The van der Waals surface area contributed by atoms with Crippen LogP contribution in [0.3, 0.4) is 0 Å². The van der Waals surface area contributed by atoms with Crippen molar-refractivity contribution in [2.45, 2.75) is 0 Å². The second kappa shape index (κ2) is 6.39. The molecule has 1 aromatic carbocycles. The molecular weight excluding hydrogens is 376 g/mol. The molecule has 27 heavy (non-hydrogen) atoms. The Morgan fingerprint density at radius 2 is 1.89 bits per heavy atom. The summed E-state index contributed by atoms with van der Waals surface area (Å²) in [6.45, 7) is 0. The molecule has 0 saturated heterocycles. The lowest BCUT2D eigenvalue weighted by molar-refractivity contribution is 0.847. The second-order valence-corrected chi connectivity index (χ2v) is 7.47. The summed E-state index contributed by atoms with van der Waals surface area (Å²) in [4.78, 5) is 15.4. The van der Waals surface area contributed by atoms with E-state index in [9.17, 15) is 0 Å². The highest BCUT2D eigenvalue weighted by Crippen LogP contribution is 2.37. The van der Waals surface area contributed by atoms with E-state index in [1.807, 2.05) is 41.8 Å². The van der Waals surface area contributed by atoms with E-state index in [1.165, 1.54) is 6.33 Å². The molecule has 0 bridgehead atoms. The van der Waals surface area contributed by atoms with Crippen molar-refractivity contribution in [3.05, 3.63) is 65.4 Å². The number of hydrogen-bond donors (Lipinski definition) is 0. The molecule has 0 N–H and O–H groups in total. The van der Waals surface area contributed by atoms with Gasteiger partial charge >= 0.3 is 0 Å². The molecule has 128 valence electrons. The minimum atomic E-state index is 0.107. The quantitative estimate of drug-likeness (QED) is 0.455. The first-order valence-electron chi connectivity index (χ1n) is 8.04. The van der Waals surface area contributed by atoms with Crippen LogP contribution in [0.25, 0.3) is 37.9 Å². The van der Waals surface area contributed by atoms with Crippen LogP contribution >= 0.6 is 22.7 Å². The van der Waals surface area contributed by atoms with Crippen molar-refractivity contribution in [1.29, 1.82) is 5.26 Å². The molecule has 0 aliphatic rings. The van der Waals surface area contributed by atoms with E-state index in [-0.39, 0.29) is 5.82 Å². The van der Waals surface area contributed by atoms with Crippen LogP contribution in [0.5, 0.6) is 0 Å². The van der Waals surface area contributed by atoms with Crippen molar-refractivity contribution in [3.63, 3.8) is 0 Å². The summed E-state index contributed by atoms with van der Waals surface area (Å²) in [7, 11) is 0. The summed E-state index contributed by atoms with van der Waals surface area (Å²) in [6, 6.07) is 16.0. The molecule has 0 saturated carbocycles. The van der Waals surface area contributed by atoms with Crippen molar-refractivity contribution in [2.75, 3.05) is 0 Å². The third kappa shape index (κ3) is 2.70. The SMILES string of the molecule is N#Cc1ncn(-c2nc(-c3cccs3)nc3scc(-c4ccccc4)c23)n1. The van der Waals surface area contributed by atoms with Crippen molar-refractivity contribution in [2.24, 2.45) is 0 Å². The number of thiophene rings is 2. The van der Waals surface area contributed by atoms with Crippen LogP contribution < -0.4 is 0 Å². The highest BCUT2D eigenvalue weighted by atomic mass is 32.1. The fourth-order valence-electron chi connectivity index (χ4n) is 2.85. The molecule has 6 nitrogen and oxygen atoms in total. The molecule has 4 heterocycles. The zero-order chi connectivity index (χ0) is 18.2. The van der Waals surface area contributed by atoms with E-state index in [2.05, 4.69) is 27.6 Å². The third-order valence-corrected chi connectivity index (χ3v) is 5.79. The van der Waals surface area contributed by atoms with Crippen LogP contribution in [-0.4, -0.2) is 24.7 Å². The minimum absolute atomic E-state index is 0.107. The van der Waals surface area contributed by atoms with Gasteiger partial charge in [-0.15, -0.1) is 27.8 Å². The van der Waals surface area contributed by atoms with Crippen molar-refractivity contribution in [3.8, 4) is 33.7 Å². The molecule has 0 unspecified atom stereocenters. The average Bonchev–Trinajstić information content (AvgIpc) is 3.48. The van der Waals surface area contributed by atoms with E-state index < -0.39 is 0 Å². The summed E-state index contributed by atoms with van der Waals surface area (Å²) >= 11 is 3.15. The Bertz CT molecular complexity index is 1280. The Morgan fingerprint density at radius 3 is 2.63 bits per heavy atom. The first-order chi connectivity index (χ1) is 13.3. The molecule has 8 heteroatoms.